The molecule has 4 bridgehead atoms. The summed E-state index contributed by atoms with van der Waals surface area (Å²) in [5.41, 5.74) is -3.29. The first-order valence-corrected chi connectivity index (χ1v) is 8.86. The van der Waals surface area contributed by atoms with Gasteiger partial charge in [0.2, 0.25) is 0 Å². The van der Waals surface area contributed by atoms with Gasteiger partial charge in [-0.2, -0.15) is 0 Å². The second-order valence-corrected chi connectivity index (χ2v) is 8.94. The Morgan fingerprint density at radius 3 is 2.84 bits per heavy atom. The predicted octanol–water partition coefficient (Wildman–Crippen LogP) is 1.03. The Hall–Kier alpha value is -1.66. The molecule has 4 aliphatic carbocycles. The Morgan fingerprint density at radius 1 is 1.44 bits per heavy atom. The molecule has 0 amide bonds. The van der Waals surface area contributed by atoms with Gasteiger partial charge in [0.1, 0.15) is 11.0 Å². The van der Waals surface area contributed by atoms with Gasteiger partial charge < -0.3 is 20.1 Å². The number of hydrogen-bond donors (Lipinski definition) is 3. The van der Waals surface area contributed by atoms with Gasteiger partial charge in [0.15, 0.2) is 0 Å². The predicted molar refractivity (Wildman–Crippen MR) is 85.2 cm³/mol. The Kier molecular flexibility index (Phi) is 2.50. The van der Waals surface area contributed by atoms with Crippen LogP contribution in [0.4, 0.5) is 0 Å². The molecule has 6 heteroatoms. The summed E-state index contributed by atoms with van der Waals surface area (Å²) >= 11 is 0. The van der Waals surface area contributed by atoms with Crippen molar-refractivity contribution in [2.75, 3.05) is 0 Å². The average molecular weight is 346 g/mol. The van der Waals surface area contributed by atoms with Crippen molar-refractivity contribution in [2.45, 2.75) is 49.9 Å². The topological polar surface area (TPSA) is 104 Å². The molecule has 6 nitrogen and oxygen atoms in total. The molecule has 1 heterocycles. The number of carbonyl (C=O) groups excluding carboxylic acids is 1. The number of aliphatic hydroxyl groups excluding tert-OH is 1. The van der Waals surface area contributed by atoms with Crippen LogP contribution in [-0.2, 0) is 14.3 Å². The molecule has 1 spiro atoms. The van der Waals surface area contributed by atoms with Crippen molar-refractivity contribution in [3.8, 4) is 0 Å². The van der Waals surface area contributed by atoms with Crippen LogP contribution in [0.5, 0.6) is 0 Å². The zero-order valence-electron chi connectivity index (χ0n) is 14.1. The number of esters is 1. The summed E-state index contributed by atoms with van der Waals surface area (Å²) in [6.07, 6.45) is 4.11. The highest BCUT2D eigenvalue weighted by Crippen LogP contribution is 2.77. The summed E-state index contributed by atoms with van der Waals surface area (Å²) in [5, 5.41) is 31.6. The number of carboxylic acid groups (broad SMARTS) is 1. The van der Waals surface area contributed by atoms with Crippen molar-refractivity contribution in [2.24, 2.45) is 28.6 Å². The third kappa shape index (κ3) is 1.36. The van der Waals surface area contributed by atoms with Gasteiger partial charge in [-0.25, -0.2) is 0 Å². The van der Waals surface area contributed by atoms with Crippen LogP contribution in [-0.4, -0.2) is 44.6 Å². The molecule has 0 radical (unpaired) electrons. The molecule has 25 heavy (non-hydrogen) atoms. The number of hydrogen-bond acceptors (Lipinski definition) is 5. The van der Waals surface area contributed by atoms with Crippen LogP contribution in [0.25, 0.3) is 0 Å². The van der Waals surface area contributed by atoms with E-state index in [1.54, 1.807) is 19.1 Å². The third-order valence-corrected chi connectivity index (χ3v) is 8.12. The van der Waals surface area contributed by atoms with Crippen LogP contribution in [0.15, 0.2) is 24.3 Å². The Morgan fingerprint density at radius 2 is 2.16 bits per heavy atom. The standard InChI is InChI=1S/C19H22O6/c1-9-7-17-8-18(9,24)5-3-10(17)19-6-4-11(20)16(2,15(23)25-19)13(19)12(17)14(21)22/h4,6,10-13,20,24H,1,3,5,7-8H2,2H3,(H,21,22)/t10-,11+,12-,13-,16-,17-,18+,19+/m0/s1. The van der Waals surface area contributed by atoms with Crippen LogP contribution in [0, 0.1) is 28.6 Å². The van der Waals surface area contributed by atoms with Gasteiger partial charge in [-0.05, 0) is 49.7 Å². The van der Waals surface area contributed by atoms with Crippen molar-refractivity contribution in [3.63, 3.8) is 0 Å². The highest BCUT2D eigenvalue weighted by atomic mass is 16.6. The Balaban J connectivity index is 1.78. The summed E-state index contributed by atoms with van der Waals surface area (Å²) in [4.78, 5) is 25.1. The number of fused-ring (bicyclic) bond motifs is 1. The molecule has 5 aliphatic rings. The van der Waals surface area contributed by atoms with Crippen LogP contribution < -0.4 is 0 Å². The zero-order chi connectivity index (χ0) is 18.0. The first-order chi connectivity index (χ1) is 11.6. The van der Waals surface area contributed by atoms with E-state index in [2.05, 4.69) is 6.58 Å². The lowest BCUT2D eigenvalue weighted by Gasteiger charge is -2.44. The fourth-order valence-corrected chi connectivity index (χ4v) is 7.13. The van der Waals surface area contributed by atoms with Crippen LogP contribution in [0.2, 0.25) is 0 Å². The second-order valence-electron chi connectivity index (χ2n) is 8.94. The van der Waals surface area contributed by atoms with E-state index in [0.717, 1.165) is 0 Å². The molecule has 5 rings (SSSR count). The van der Waals surface area contributed by atoms with E-state index >= 15 is 0 Å². The maximum Gasteiger partial charge on any atom is 0.316 e. The van der Waals surface area contributed by atoms with Crippen molar-refractivity contribution < 1.29 is 29.6 Å². The largest absolute Gasteiger partial charge is 0.481 e. The monoisotopic (exact) mass is 346 g/mol. The maximum atomic E-state index is 12.7. The van der Waals surface area contributed by atoms with Crippen LogP contribution in [0.3, 0.4) is 0 Å². The molecule has 8 atom stereocenters. The summed E-state index contributed by atoms with van der Waals surface area (Å²) in [5.74, 6) is -3.18. The van der Waals surface area contributed by atoms with E-state index in [4.69, 9.17) is 4.74 Å². The van der Waals surface area contributed by atoms with Crippen molar-refractivity contribution in [1.29, 1.82) is 0 Å². The molecule has 4 fully saturated rings. The van der Waals surface area contributed by atoms with Gasteiger partial charge >= 0.3 is 11.9 Å². The Bertz CT molecular complexity index is 772. The molecule has 0 aromatic rings. The summed E-state index contributed by atoms with van der Waals surface area (Å²) in [6.45, 7) is 5.64. The fourth-order valence-electron chi connectivity index (χ4n) is 7.13. The van der Waals surface area contributed by atoms with Gasteiger partial charge in [0, 0.05) is 11.8 Å². The zero-order valence-corrected chi connectivity index (χ0v) is 14.1. The van der Waals surface area contributed by atoms with E-state index in [0.29, 0.717) is 31.3 Å². The highest BCUT2D eigenvalue weighted by molar-refractivity contribution is 5.86. The number of aliphatic carboxylic acids is 1. The van der Waals surface area contributed by atoms with E-state index in [1.165, 1.54) is 0 Å². The normalized spacial score (nSPS) is 58.0. The van der Waals surface area contributed by atoms with E-state index in [-0.39, 0.29) is 5.92 Å². The number of ether oxygens (including phenoxy) is 1. The summed E-state index contributed by atoms with van der Waals surface area (Å²) in [7, 11) is 0. The van der Waals surface area contributed by atoms with Gasteiger partial charge in [-0.15, -0.1) is 0 Å². The number of rotatable bonds is 1. The second kappa shape index (κ2) is 4.01. The number of carboxylic acids is 1. The van der Waals surface area contributed by atoms with Gasteiger partial charge in [0.05, 0.1) is 17.6 Å². The minimum Gasteiger partial charge on any atom is -0.481 e. The van der Waals surface area contributed by atoms with Crippen molar-refractivity contribution in [3.05, 3.63) is 24.3 Å². The summed E-state index contributed by atoms with van der Waals surface area (Å²) < 4.78 is 5.87. The van der Waals surface area contributed by atoms with Crippen molar-refractivity contribution >= 4 is 11.9 Å². The summed E-state index contributed by atoms with van der Waals surface area (Å²) in [6, 6.07) is 0. The van der Waals surface area contributed by atoms with Gasteiger partial charge in [0.25, 0.3) is 0 Å². The van der Waals surface area contributed by atoms with Gasteiger partial charge in [-0.3, -0.25) is 9.59 Å². The average Bonchev–Trinajstić information content (AvgIpc) is 2.95. The smallest absolute Gasteiger partial charge is 0.316 e. The first-order valence-electron chi connectivity index (χ1n) is 8.86. The quantitative estimate of drug-likeness (QED) is 0.484. The lowest BCUT2D eigenvalue weighted by atomic mass is 9.61. The molecular formula is C19H22O6. The van der Waals surface area contributed by atoms with E-state index < -0.39 is 51.9 Å². The minimum absolute atomic E-state index is 0.180. The minimum atomic E-state index is -1.27. The van der Waals surface area contributed by atoms with Crippen molar-refractivity contribution in [1.82, 2.24) is 0 Å². The molecule has 3 N–H and O–H groups in total. The maximum absolute atomic E-state index is 12.7. The molecule has 3 saturated carbocycles. The Labute approximate surface area is 145 Å². The number of aliphatic hydroxyl groups is 2. The molecule has 0 aromatic heterocycles. The lowest BCUT2D eigenvalue weighted by Crippen LogP contribution is -2.50. The first kappa shape index (κ1) is 15.6. The number of carbonyl (C=O) groups is 2. The SMILES string of the molecule is C=C1C[C@]23C[C@]1(O)CC[C@@H]2[C@@]12C=C[C@@H](O)[C@](C)(C(=O)O1)[C@@H]2[C@H]3C(=O)O. The van der Waals surface area contributed by atoms with E-state index in [1.807, 2.05) is 0 Å². The van der Waals surface area contributed by atoms with Crippen LogP contribution in [0.1, 0.15) is 32.6 Å². The molecule has 1 aliphatic heterocycles. The molecule has 134 valence electrons. The fraction of sp³-hybridized carbons (Fsp3) is 0.684. The molecule has 1 saturated heterocycles. The highest BCUT2D eigenvalue weighted by Gasteiger charge is 2.83. The van der Waals surface area contributed by atoms with E-state index in [9.17, 15) is 24.9 Å². The molecule has 0 unspecified atom stereocenters. The lowest BCUT2D eigenvalue weighted by molar-refractivity contribution is -0.163. The molecule has 0 aromatic carbocycles. The van der Waals surface area contributed by atoms with Gasteiger partial charge in [-0.1, -0.05) is 12.7 Å². The third-order valence-electron chi connectivity index (χ3n) is 8.12. The van der Waals surface area contributed by atoms with Crippen LogP contribution >= 0.6 is 0 Å². The molecular weight excluding hydrogens is 324 g/mol.